The summed E-state index contributed by atoms with van der Waals surface area (Å²) in [5.74, 6) is 0.768. The second-order valence-corrected chi connectivity index (χ2v) is 6.23. The van der Waals surface area contributed by atoms with Gasteiger partial charge in [0.25, 0.3) is 0 Å². The first kappa shape index (κ1) is 12.4. The third-order valence-corrected chi connectivity index (χ3v) is 4.92. The summed E-state index contributed by atoms with van der Waals surface area (Å²) in [6.45, 7) is 2.19. The smallest absolute Gasteiger partial charge is 0.395 e. The molecule has 1 aromatic rings. The normalized spacial score (nSPS) is 26.5. The molecule has 0 aromatic heterocycles. The largest absolute Gasteiger partial charge is 0.586 e. The lowest BCUT2D eigenvalue weighted by Crippen LogP contribution is -2.44. The Kier molecular flexibility index (Phi) is 2.52. The predicted octanol–water partition coefficient (Wildman–Crippen LogP) is 3.26. The van der Waals surface area contributed by atoms with Gasteiger partial charge >= 0.3 is 6.29 Å². The van der Waals surface area contributed by atoms with Crippen LogP contribution in [0.5, 0.6) is 11.5 Å². The number of hydrogen-bond acceptors (Lipinski definition) is 3. The molecule has 20 heavy (non-hydrogen) atoms. The van der Waals surface area contributed by atoms with E-state index in [1.807, 2.05) is 6.07 Å². The van der Waals surface area contributed by atoms with Crippen LogP contribution in [-0.4, -0.2) is 19.4 Å². The molecule has 0 radical (unpaired) electrons. The molecule has 1 saturated heterocycles. The van der Waals surface area contributed by atoms with Crippen molar-refractivity contribution in [2.75, 3.05) is 13.1 Å². The zero-order valence-electron chi connectivity index (χ0n) is 11.1. The summed E-state index contributed by atoms with van der Waals surface area (Å²) in [4.78, 5) is 0. The highest BCUT2D eigenvalue weighted by atomic mass is 19.3. The van der Waals surface area contributed by atoms with Crippen LogP contribution in [0.15, 0.2) is 18.2 Å². The Morgan fingerprint density at radius 2 is 1.75 bits per heavy atom. The molecule has 3 aliphatic rings. The number of fused-ring (bicyclic) bond motifs is 1. The molecule has 0 bridgehead atoms. The van der Waals surface area contributed by atoms with Gasteiger partial charge in [0, 0.05) is 0 Å². The van der Waals surface area contributed by atoms with Gasteiger partial charge in [-0.15, -0.1) is 8.78 Å². The van der Waals surface area contributed by atoms with Gasteiger partial charge in [0.15, 0.2) is 11.5 Å². The first-order chi connectivity index (χ1) is 9.55. The Morgan fingerprint density at radius 3 is 2.50 bits per heavy atom. The summed E-state index contributed by atoms with van der Waals surface area (Å²) < 4.78 is 35.0. The summed E-state index contributed by atoms with van der Waals surface area (Å²) in [6, 6.07) is 5.20. The van der Waals surface area contributed by atoms with Gasteiger partial charge in [-0.3, -0.25) is 0 Å². The highest BCUT2D eigenvalue weighted by Gasteiger charge is 2.47. The molecule has 1 spiro atoms. The van der Waals surface area contributed by atoms with Crippen molar-refractivity contribution in [2.24, 2.45) is 5.41 Å². The van der Waals surface area contributed by atoms with E-state index in [0.717, 1.165) is 31.5 Å². The van der Waals surface area contributed by atoms with Crippen LogP contribution in [0.4, 0.5) is 8.78 Å². The summed E-state index contributed by atoms with van der Waals surface area (Å²) >= 11 is 0. The molecule has 2 aliphatic heterocycles. The molecule has 1 aromatic carbocycles. The molecule has 3 nitrogen and oxygen atoms in total. The van der Waals surface area contributed by atoms with Crippen molar-refractivity contribution in [1.82, 2.24) is 5.32 Å². The molecular weight excluding hydrogens is 264 g/mol. The standard InChI is InChI=1S/C15H17F2NO2/c16-15(17)19-12-2-1-10(7-13(12)20-15)11-8-14(9-11)3-5-18-6-4-14/h1-2,7,11,18H,3-6,8-9H2. The van der Waals surface area contributed by atoms with E-state index in [2.05, 4.69) is 14.8 Å². The Labute approximate surface area is 116 Å². The number of nitrogens with one attached hydrogen (secondary N) is 1. The molecule has 2 fully saturated rings. The number of piperidine rings is 1. The first-order valence-electron chi connectivity index (χ1n) is 7.16. The molecule has 1 saturated carbocycles. The van der Waals surface area contributed by atoms with Gasteiger partial charge in [-0.2, -0.15) is 0 Å². The number of alkyl halides is 2. The lowest BCUT2D eigenvalue weighted by molar-refractivity contribution is -0.286. The number of rotatable bonds is 1. The van der Waals surface area contributed by atoms with Crippen LogP contribution in [0.2, 0.25) is 0 Å². The van der Waals surface area contributed by atoms with Crippen LogP contribution in [0.1, 0.15) is 37.2 Å². The van der Waals surface area contributed by atoms with Crippen molar-refractivity contribution in [3.05, 3.63) is 23.8 Å². The second-order valence-electron chi connectivity index (χ2n) is 6.23. The lowest BCUT2D eigenvalue weighted by atomic mass is 9.56. The van der Waals surface area contributed by atoms with Crippen LogP contribution in [0.25, 0.3) is 0 Å². The van der Waals surface area contributed by atoms with E-state index in [9.17, 15) is 8.78 Å². The van der Waals surface area contributed by atoms with E-state index in [1.165, 1.54) is 12.8 Å². The average Bonchev–Trinajstić information content (AvgIpc) is 2.69. The van der Waals surface area contributed by atoms with Gasteiger partial charge in [0.2, 0.25) is 0 Å². The zero-order valence-corrected chi connectivity index (χ0v) is 11.1. The van der Waals surface area contributed by atoms with Crippen LogP contribution in [-0.2, 0) is 0 Å². The molecule has 4 rings (SSSR count). The van der Waals surface area contributed by atoms with E-state index in [0.29, 0.717) is 11.3 Å². The maximum atomic E-state index is 13.0. The monoisotopic (exact) mass is 281 g/mol. The molecular formula is C15H17F2NO2. The van der Waals surface area contributed by atoms with Gasteiger partial charge in [0.05, 0.1) is 0 Å². The highest BCUT2D eigenvalue weighted by Crippen LogP contribution is 2.56. The minimum Gasteiger partial charge on any atom is -0.395 e. The predicted molar refractivity (Wildman–Crippen MR) is 69.2 cm³/mol. The molecule has 0 amide bonds. The second kappa shape index (κ2) is 4.07. The molecule has 2 heterocycles. The Hall–Kier alpha value is -1.36. The Morgan fingerprint density at radius 1 is 1.05 bits per heavy atom. The van der Waals surface area contributed by atoms with Crippen LogP contribution in [0, 0.1) is 5.41 Å². The van der Waals surface area contributed by atoms with Crippen molar-refractivity contribution in [3.8, 4) is 11.5 Å². The highest BCUT2D eigenvalue weighted by molar-refractivity contribution is 5.46. The van der Waals surface area contributed by atoms with Gasteiger partial charge < -0.3 is 14.8 Å². The summed E-state index contributed by atoms with van der Waals surface area (Å²) in [6.07, 6.45) is 1.25. The van der Waals surface area contributed by atoms with Crippen molar-refractivity contribution in [3.63, 3.8) is 0 Å². The number of hydrogen-bond donors (Lipinski definition) is 1. The van der Waals surface area contributed by atoms with Gasteiger partial charge in [-0.05, 0) is 67.8 Å². The molecule has 108 valence electrons. The van der Waals surface area contributed by atoms with E-state index < -0.39 is 6.29 Å². The fraction of sp³-hybridized carbons (Fsp3) is 0.600. The van der Waals surface area contributed by atoms with E-state index in [-0.39, 0.29) is 11.5 Å². The maximum Gasteiger partial charge on any atom is 0.586 e. The maximum absolute atomic E-state index is 13.0. The van der Waals surface area contributed by atoms with Gasteiger partial charge in [-0.25, -0.2) is 0 Å². The summed E-state index contributed by atoms with van der Waals surface area (Å²) in [5, 5.41) is 3.39. The van der Waals surface area contributed by atoms with Crippen molar-refractivity contribution in [1.29, 1.82) is 0 Å². The van der Waals surface area contributed by atoms with Crippen LogP contribution >= 0.6 is 0 Å². The van der Waals surface area contributed by atoms with E-state index in [1.54, 1.807) is 12.1 Å². The minimum absolute atomic E-state index is 0.134. The van der Waals surface area contributed by atoms with Crippen molar-refractivity contribution < 1.29 is 18.3 Å². The lowest BCUT2D eigenvalue weighted by Gasteiger charge is -2.50. The fourth-order valence-electron chi connectivity index (χ4n) is 3.81. The molecule has 0 atom stereocenters. The Bertz CT molecular complexity index is 533. The SMILES string of the molecule is FC1(F)Oc2ccc(C3CC4(CCNCC4)C3)cc2O1. The third-order valence-electron chi connectivity index (χ3n) is 4.92. The summed E-state index contributed by atoms with van der Waals surface area (Å²) in [7, 11) is 0. The molecule has 1 aliphatic carbocycles. The number of benzene rings is 1. The third kappa shape index (κ3) is 1.95. The van der Waals surface area contributed by atoms with Gasteiger partial charge in [-0.1, -0.05) is 6.07 Å². The van der Waals surface area contributed by atoms with E-state index >= 15 is 0 Å². The van der Waals surface area contributed by atoms with Crippen LogP contribution in [0.3, 0.4) is 0 Å². The molecule has 1 N–H and O–H groups in total. The Balaban J connectivity index is 1.49. The van der Waals surface area contributed by atoms with E-state index in [4.69, 9.17) is 0 Å². The van der Waals surface area contributed by atoms with Gasteiger partial charge in [0.1, 0.15) is 0 Å². The van der Waals surface area contributed by atoms with Crippen LogP contribution < -0.4 is 14.8 Å². The first-order valence-corrected chi connectivity index (χ1v) is 7.16. The minimum atomic E-state index is -3.52. The number of ether oxygens (including phenoxy) is 2. The molecule has 0 unspecified atom stereocenters. The van der Waals surface area contributed by atoms with Crippen molar-refractivity contribution >= 4 is 0 Å². The van der Waals surface area contributed by atoms with Crippen molar-refractivity contribution in [2.45, 2.75) is 37.9 Å². The molecule has 5 heteroatoms. The fourth-order valence-corrected chi connectivity index (χ4v) is 3.81. The summed E-state index contributed by atoms with van der Waals surface area (Å²) in [5.41, 5.74) is 1.57. The average molecular weight is 281 g/mol. The topological polar surface area (TPSA) is 30.5 Å². The quantitative estimate of drug-likeness (QED) is 0.857. The zero-order chi connectivity index (χ0) is 13.8. The number of halogens is 2.